The van der Waals surface area contributed by atoms with Gasteiger partial charge in [-0.2, -0.15) is 0 Å². The minimum Gasteiger partial charge on any atom is -0.463 e. The second-order valence-electron chi connectivity index (χ2n) is 7.00. The summed E-state index contributed by atoms with van der Waals surface area (Å²) in [6.45, 7) is 5.19. The first-order valence-corrected chi connectivity index (χ1v) is 11.0. The molecule has 0 aromatic carbocycles. The van der Waals surface area contributed by atoms with Gasteiger partial charge in [0.15, 0.2) is 0 Å². The molecule has 1 unspecified atom stereocenters. The molecule has 1 aromatic heterocycles. The summed E-state index contributed by atoms with van der Waals surface area (Å²) in [5, 5.41) is 16.6. The summed E-state index contributed by atoms with van der Waals surface area (Å²) >= 11 is 0. The number of ketones is 1. The number of carbonyl (C=O) groups is 3. The van der Waals surface area contributed by atoms with Crippen LogP contribution in [0.4, 0.5) is 0 Å². The van der Waals surface area contributed by atoms with E-state index in [4.69, 9.17) is 24.1 Å². The van der Waals surface area contributed by atoms with Crippen LogP contribution in [0.5, 0.6) is 0 Å². The van der Waals surface area contributed by atoms with Gasteiger partial charge >= 0.3 is 11.9 Å². The number of Topliss-reactive ketones (excluding diaryl/α,β-unsaturated/α-hetero) is 1. The third-order valence-corrected chi connectivity index (χ3v) is 4.39. The van der Waals surface area contributed by atoms with E-state index >= 15 is 0 Å². The predicted octanol–water partition coefficient (Wildman–Crippen LogP) is 0.861. The third-order valence-electron chi connectivity index (χ3n) is 4.39. The van der Waals surface area contributed by atoms with Crippen molar-refractivity contribution in [2.24, 2.45) is 0 Å². The lowest BCUT2D eigenvalue weighted by atomic mass is 10.1. The standard InChI is InChI=1S/C21H35N3O8/c1-3-18(26)6-7-19(32-20(27)4-2)16-24-15-17(22-23-24)5-8-21(28)31-14-13-30-12-11-29-10-9-25/h15,19,25H,3-14,16H2,1-2H3. The first-order chi connectivity index (χ1) is 15.5. The highest BCUT2D eigenvalue weighted by molar-refractivity contribution is 5.78. The van der Waals surface area contributed by atoms with E-state index in [-0.39, 0.29) is 57.0 Å². The van der Waals surface area contributed by atoms with Crippen LogP contribution in [0.15, 0.2) is 6.20 Å². The minimum absolute atomic E-state index is 0.0295. The third kappa shape index (κ3) is 13.1. The molecule has 182 valence electrons. The Kier molecular flexibility index (Phi) is 14.9. The first kappa shape index (κ1) is 27.7. The molecule has 0 fully saturated rings. The first-order valence-electron chi connectivity index (χ1n) is 11.0. The van der Waals surface area contributed by atoms with Gasteiger partial charge in [-0.15, -0.1) is 5.10 Å². The van der Waals surface area contributed by atoms with Gasteiger partial charge in [-0.05, 0) is 6.42 Å². The van der Waals surface area contributed by atoms with Crippen LogP contribution in [-0.4, -0.2) is 83.6 Å². The van der Waals surface area contributed by atoms with Gasteiger partial charge in [0, 0.05) is 31.9 Å². The van der Waals surface area contributed by atoms with E-state index in [1.54, 1.807) is 24.7 Å². The number of hydrogen-bond donors (Lipinski definition) is 1. The largest absolute Gasteiger partial charge is 0.463 e. The number of aliphatic hydroxyl groups excluding tert-OH is 1. The molecule has 0 amide bonds. The number of carbonyl (C=O) groups excluding carboxylic acids is 3. The fraction of sp³-hybridized carbons (Fsp3) is 0.762. The van der Waals surface area contributed by atoms with E-state index in [9.17, 15) is 14.4 Å². The van der Waals surface area contributed by atoms with Crippen LogP contribution in [0.3, 0.4) is 0 Å². The summed E-state index contributed by atoms with van der Waals surface area (Å²) in [6.07, 6.45) is 3.21. The smallest absolute Gasteiger partial charge is 0.306 e. The maximum Gasteiger partial charge on any atom is 0.306 e. The van der Waals surface area contributed by atoms with Gasteiger partial charge < -0.3 is 24.1 Å². The number of aliphatic hydroxyl groups is 1. The molecule has 0 bridgehead atoms. The van der Waals surface area contributed by atoms with Gasteiger partial charge in [0.1, 0.15) is 18.5 Å². The van der Waals surface area contributed by atoms with Crippen LogP contribution in [-0.2, 0) is 46.3 Å². The number of esters is 2. The molecule has 32 heavy (non-hydrogen) atoms. The Morgan fingerprint density at radius 1 is 1.00 bits per heavy atom. The maximum atomic E-state index is 11.8. The van der Waals surface area contributed by atoms with Crippen molar-refractivity contribution in [3.8, 4) is 0 Å². The molecule has 0 radical (unpaired) electrons. The average molecular weight is 458 g/mol. The van der Waals surface area contributed by atoms with Crippen molar-refractivity contribution >= 4 is 17.7 Å². The molecule has 1 atom stereocenters. The van der Waals surface area contributed by atoms with E-state index in [1.807, 2.05) is 0 Å². The highest BCUT2D eigenvalue weighted by atomic mass is 16.6. The van der Waals surface area contributed by atoms with E-state index in [0.29, 0.717) is 51.1 Å². The SMILES string of the molecule is CCC(=O)CCC(Cn1cc(CCC(=O)OCCOCCOCCO)nn1)OC(=O)CC. The molecular formula is C21H35N3O8. The van der Waals surface area contributed by atoms with Crippen LogP contribution >= 0.6 is 0 Å². The van der Waals surface area contributed by atoms with Crippen molar-refractivity contribution in [1.82, 2.24) is 15.0 Å². The van der Waals surface area contributed by atoms with Crippen molar-refractivity contribution < 1.29 is 38.4 Å². The molecule has 0 aliphatic carbocycles. The molecule has 1 rings (SSSR count). The van der Waals surface area contributed by atoms with Gasteiger partial charge in [-0.1, -0.05) is 19.1 Å². The van der Waals surface area contributed by atoms with Crippen molar-refractivity contribution in [3.05, 3.63) is 11.9 Å². The zero-order chi connectivity index (χ0) is 23.6. The summed E-state index contributed by atoms with van der Waals surface area (Å²) in [6, 6.07) is 0. The van der Waals surface area contributed by atoms with E-state index in [0.717, 1.165) is 0 Å². The quantitative estimate of drug-likeness (QED) is 0.235. The molecule has 11 heteroatoms. The molecule has 1 N–H and O–H groups in total. The van der Waals surface area contributed by atoms with Gasteiger partial charge in [-0.3, -0.25) is 14.4 Å². The molecular weight excluding hydrogens is 422 g/mol. The number of ether oxygens (including phenoxy) is 4. The molecule has 0 spiro atoms. The Balaban J connectivity index is 2.32. The number of aromatic nitrogens is 3. The summed E-state index contributed by atoms with van der Waals surface area (Å²) < 4.78 is 22.3. The van der Waals surface area contributed by atoms with Crippen molar-refractivity contribution in [1.29, 1.82) is 0 Å². The van der Waals surface area contributed by atoms with Crippen LogP contribution in [0.2, 0.25) is 0 Å². The number of aryl methyl sites for hydroxylation is 1. The predicted molar refractivity (Wildman–Crippen MR) is 113 cm³/mol. The molecule has 11 nitrogen and oxygen atoms in total. The molecule has 1 aromatic rings. The Bertz CT molecular complexity index is 680. The number of nitrogens with zero attached hydrogens (tertiary/aromatic N) is 3. The fourth-order valence-corrected chi connectivity index (χ4v) is 2.61. The van der Waals surface area contributed by atoms with Crippen molar-refractivity contribution in [2.75, 3.05) is 39.6 Å². The van der Waals surface area contributed by atoms with Crippen molar-refractivity contribution in [3.63, 3.8) is 0 Å². The lowest BCUT2D eigenvalue weighted by Crippen LogP contribution is -2.24. The van der Waals surface area contributed by atoms with Gasteiger partial charge in [0.25, 0.3) is 0 Å². The topological polar surface area (TPSA) is 139 Å². The highest BCUT2D eigenvalue weighted by Gasteiger charge is 2.17. The number of hydrogen-bond acceptors (Lipinski definition) is 10. The zero-order valence-electron chi connectivity index (χ0n) is 19.0. The second kappa shape index (κ2) is 17.2. The van der Waals surface area contributed by atoms with E-state index in [2.05, 4.69) is 10.3 Å². The van der Waals surface area contributed by atoms with Crippen LogP contribution in [0, 0.1) is 0 Å². The number of rotatable bonds is 19. The van der Waals surface area contributed by atoms with Gasteiger partial charge in [-0.25, -0.2) is 4.68 Å². The molecule has 0 aliphatic rings. The average Bonchev–Trinajstić information content (AvgIpc) is 3.24. The minimum atomic E-state index is -0.466. The Morgan fingerprint density at radius 2 is 1.72 bits per heavy atom. The molecule has 0 aliphatic heterocycles. The van der Waals surface area contributed by atoms with Gasteiger partial charge in [0.05, 0.1) is 51.7 Å². The van der Waals surface area contributed by atoms with Crippen LogP contribution in [0.1, 0.15) is 51.6 Å². The van der Waals surface area contributed by atoms with Crippen LogP contribution < -0.4 is 0 Å². The zero-order valence-corrected chi connectivity index (χ0v) is 19.0. The van der Waals surface area contributed by atoms with Crippen molar-refractivity contribution in [2.45, 2.75) is 65.0 Å². The summed E-state index contributed by atoms with van der Waals surface area (Å²) in [5.74, 6) is -0.586. The monoisotopic (exact) mass is 457 g/mol. The Morgan fingerprint density at radius 3 is 2.41 bits per heavy atom. The van der Waals surface area contributed by atoms with Crippen LogP contribution in [0.25, 0.3) is 0 Å². The normalized spacial score (nSPS) is 11.8. The Labute approximate surface area is 188 Å². The summed E-state index contributed by atoms with van der Waals surface area (Å²) in [5.41, 5.74) is 0.615. The van der Waals surface area contributed by atoms with E-state index in [1.165, 1.54) is 0 Å². The fourth-order valence-electron chi connectivity index (χ4n) is 2.61. The molecule has 0 saturated carbocycles. The second-order valence-corrected chi connectivity index (χ2v) is 7.00. The maximum absolute atomic E-state index is 11.8. The molecule has 0 saturated heterocycles. The van der Waals surface area contributed by atoms with Gasteiger partial charge in [0.2, 0.25) is 0 Å². The Hall–Kier alpha value is -2.37. The van der Waals surface area contributed by atoms with E-state index < -0.39 is 6.10 Å². The lowest BCUT2D eigenvalue weighted by Gasteiger charge is -2.17. The highest BCUT2D eigenvalue weighted by Crippen LogP contribution is 2.10. The molecule has 1 heterocycles. The lowest BCUT2D eigenvalue weighted by molar-refractivity contribution is -0.150. The summed E-state index contributed by atoms with van der Waals surface area (Å²) in [4.78, 5) is 35.1. The summed E-state index contributed by atoms with van der Waals surface area (Å²) in [7, 11) is 0.